The van der Waals surface area contributed by atoms with Crippen LogP contribution in [0, 0.1) is 6.92 Å². The molecule has 2 heterocycles. The van der Waals surface area contributed by atoms with Gasteiger partial charge in [0.15, 0.2) is 6.61 Å². The number of hydrogen-bond donors (Lipinski definition) is 1. The zero-order valence-electron chi connectivity index (χ0n) is 13.6. The third-order valence-corrected chi connectivity index (χ3v) is 3.32. The lowest BCUT2D eigenvalue weighted by molar-refractivity contribution is -0.119. The van der Waals surface area contributed by atoms with Gasteiger partial charge in [-0.3, -0.25) is 4.79 Å². The SMILES string of the molecule is COc1ccc(NC(=O)COC(=O)c2nc3nccc(C)n3n2)cc1. The van der Waals surface area contributed by atoms with Crippen molar-refractivity contribution in [3.05, 3.63) is 48.0 Å². The van der Waals surface area contributed by atoms with E-state index in [-0.39, 0.29) is 11.6 Å². The van der Waals surface area contributed by atoms with E-state index in [1.165, 1.54) is 4.52 Å². The second-order valence-electron chi connectivity index (χ2n) is 5.09. The van der Waals surface area contributed by atoms with Gasteiger partial charge in [0.2, 0.25) is 0 Å². The molecule has 25 heavy (non-hydrogen) atoms. The lowest BCUT2D eigenvalue weighted by Gasteiger charge is -2.06. The van der Waals surface area contributed by atoms with E-state index in [4.69, 9.17) is 9.47 Å². The molecular weight excluding hydrogens is 326 g/mol. The number of ether oxygens (including phenoxy) is 2. The van der Waals surface area contributed by atoms with Crippen molar-refractivity contribution in [3.8, 4) is 5.75 Å². The van der Waals surface area contributed by atoms with E-state index in [1.54, 1.807) is 50.6 Å². The molecule has 9 heteroatoms. The molecule has 3 aromatic rings. The number of carbonyl (C=O) groups excluding carboxylic acids is 2. The molecule has 0 saturated carbocycles. The Bertz CT molecular complexity index is 920. The topological polar surface area (TPSA) is 108 Å². The summed E-state index contributed by atoms with van der Waals surface area (Å²) >= 11 is 0. The fourth-order valence-electron chi connectivity index (χ4n) is 2.06. The second-order valence-corrected chi connectivity index (χ2v) is 5.09. The van der Waals surface area contributed by atoms with Gasteiger partial charge in [-0.2, -0.15) is 4.98 Å². The van der Waals surface area contributed by atoms with E-state index in [0.29, 0.717) is 11.4 Å². The molecule has 0 aliphatic rings. The van der Waals surface area contributed by atoms with Crippen molar-refractivity contribution in [3.63, 3.8) is 0 Å². The smallest absolute Gasteiger partial charge is 0.378 e. The van der Waals surface area contributed by atoms with E-state index in [0.717, 1.165) is 5.69 Å². The molecule has 1 amide bonds. The number of anilines is 1. The lowest BCUT2D eigenvalue weighted by Crippen LogP contribution is -2.21. The van der Waals surface area contributed by atoms with E-state index in [1.807, 2.05) is 0 Å². The van der Waals surface area contributed by atoms with Crippen LogP contribution in [0.3, 0.4) is 0 Å². The molecule has 0 atom stereocenters. The molecule has 128 valence electrons. The van der Waals surface area contributed by atoms with Crippen LogP contribution in [0.2, 0.25) is 0 Å². The van der Waals surface area contributed by atoms with Crippen LogP contribution in [0.15, 0.2) is 36.5 Å². The van der Waals surface area contributed by atoms with Gasteiger partial charge < -0.3 is 14.8 Å². The maximum Gasteiger partial charge on any atom is 0.378 e. The monoisotopic (exact) mass is 341 g/mol. The van der Waals surface area contributed by atoms with Gasteiger partial charge in [0.1, 0.15) is 5.75 Å². The summed E-state index contributed by atoms with van der Waals surface area (Å²) in [5.41, 5.74) is 1.33. The fourth-order valence-corrected chi connectivity index (χ4v) is 2.06. The highest BCUT2D eigenvalue weighted by Crippen LogP contribution is 2.14. The highest BCUT2D eigenvalue weighted by atomic mass is 16.5. The van der Waals surface area contributed by atoms with E-state index >= 15 is 0 Å². The maximum atomic E-state index is 12.0. The number of aromatic nitrogens is 4. The third kappa shape index (κ3) is 3.71. The molecule has 3 rings (SSSR count). The Morgan fingerprint density at radius 1 is 1.20 bits per heavy atom. The average Bonchev–Trinajstić information content (AvgIpc) is 3.06. The molecule has 0 spiro atoms. The van der Waals surface area contributed by atoms with Crippen molar-refractivity contribution in [2.75, 3.05) is 19.0 Å². The minimum Gasteiger partial charge on any atom is -0.497 e. The number of nitrogens with zero attached hydrogens (tertiary/aromatic N) is 4. The van der Waals surface area contributed by atoms with Crippen molar-refractivity contribution in [2.45, 2.75) is 6.92 Å². The first-order valence-corrected chi connectivity index (χ1v) is 7.36. The second kappa shape index (κ2) is 6.95. The van der Waals surface area contributed by atoms with Crippen LogP contribution in [0.5, 0.6) is 5.75 Å². The molecule has 0 unspecified atom stereocenters. The number of fused-ring (bicyclic) bond motifs is 1. The average molecular weight is 341 g/mol. The fraction of sp³-hybridized carbons (Fsp3) is 0.188. The van der Waals surface area contributed by atoms with Crippen LogP contribution in [0.1, 0.15) is 16.3 Å². The van der Waals surface area contributed by atoms with Crippen LogP contribution in [0.4, 0.5) is 5.69 Å². The summed E-state index contributed by atoms with van der Waals surface area (Å²) in [7, 11) is 1.55. The van der Waals surface area contributed by atoms with Crippen molar-refractivity contribution in [1.29, 1.82) is 0 Å². The Kier molecular flexibility index (Phi) is 4.55. The Hall–Kier alpha value is -3.49. The molecule has 0 aliphatic heterocycles. The number of nitrogens with one attached hydrogen (secondary N) is 1. The third-order valence-electron chi connectivity index (χ3n) is 3.32. The van der Waals surface area contributed by atoms with E-state index in [9.17, 15) is 9.59 Å². The largest absolute Gasteiger partial charge is 0.497 e. The summed E-state index contributed by atoms with van der Waals surface area (Å²) in [4.78, 5) is 31.8. The zero-order chi connectivity index (χ0) is 17.8. The molecule has 0 fully saturated rings. The van der Waals surface area contributed by atoms with Crippen LogP contribution in [-0.4, -0.2) is 45.2 Å². The molecule has 9 nitrogen and oxygen atoms in total. The molecule has 0 aliphatic carbocycles. The Morgan fingerprint density at radius 3 is 2.64 bits per heavy atom. The summed E-state index contributed by atoms with van der Waals surface area (Å²) in [5.74, 6) is -0.466. The summed E-state index contributed by atoms with van der Waals surface area (Å²) in [6, 6.07) is 8.50. The minimum atomic E-state index is -0.796. The molecule has 0 radical (unpaired) electrons. The predicted molar refractivity (Wildman–Crippen MR) is 87.4 cm³/mol. The number of aryl methyl sites for hydroxylation is 1. The van der Waals surface area contributed by atoms with Gasteiger partial charge in [0, 0.05) is 17.6 Å². The summed E-state index contributed by atoms with van der Waals surface area (Å²) in [5, 5.41) is 6.62. The van der Waals surface area contributed by atoms with Crippen molar-refractivity contribution < 1.29 is 19.1 Å². The van der Waals surface area contributed by atoms with Crippen molar-refractivity contribution in [2.24, 2.45) is 0 Å². The van der Waals surface area contributed by atoms with Gasteiger partial charge in [-0.25, -0.2) is 14.3 Å². The normalized spacial score (nSPS) is 10.5. The maximum absolute atomic E-state index is 12.0. The first-order chi connectivity index (χ1) is 12.1. The van der Waals surface area contributed by atoms with Crippen molar-refractivity contribution in [1.82, 2.24) is 19.6 Å². The molecular formula is C16H15N5O4. The van der Waals surface area contributed by atoms with Gasteiger partial charge in [-0.1, -0.05) is 0 Å². The summed E-state index contributed by atoms with van der Waals surface area (Å²) in [6.45, 7) is 1.35. The number of hydrogen-bond acceptors (Lipinski definition) is 7. The highest BCUT2D eigenvalue weighted by Gasteiger charge is 2.17. The van der Waals surface area contributed by atoms with Crippen LogP contribution < -0.4 is 10.1 Å². The summed E-state index contributed by atoms with van der Waals surface area (Å²) < 4.78 is 11.4. The lowest BCUT2D eigenvalue weighted by atomic mass is 10.3. The van der Waals surface area contributed by atoms with Crippen LogP contribution in [0.25, 0.3) is 5.78 Å². The number of carbonyl (C=O) groups is 2. The van der Waals surface area contributed by atoms with Gasteiger partial charge in [0.05, 0.1) is 7.11 Å². The Morgan fingerprint density at radius 2 is 1.96 bits per heavy atom. The molecule has 0 saturated heterocycles. The molecule has 2 aromatic heterocycles. The van der Waals surface area contributed by atoms with Crippen molar-refractivity contribution >= 4 is 23.3 Å². The standard InChI is InChI=1S/C16H15N5O4/c1-10-7-8-17-16-19-14(20-21(10)16)15(23)25-9-13(22)18-11-3-5-12(24-2)6-4-11/h3-8H,9H2,1-2H3,(H,18,22). The number of amides is 1. The van der Waals surface area contributed by atoms with Gasteiger partial charge in [-0.05, 0) is 37.3 Å². The zero-order valence-corrected chi connectivity index (χ0v) is 13.6. The Balaban J connectivity index is 1.58. The minimum absolute atomic E-state index is 0.154. The highest BCUT2D eigenvalue weighted by molar-refractivity contribution is 5.94. The number of rotatable bonds is 5. The predicted octanol–water partition coefficient (Wildman–Crippen LogP) is 1.24. The van der Waals surface area contributed by atoms with Crippen LogP contribution in [-0.2, 0) is 9.53 Å². The number of methoxy groups -OCH3 is 1. The van der Waals surface area contributed by atoms with E-state index < -0.39 is 18.5 Å². The molecule has 0 bridgehead atoms. The van der Waals surface area contributed by atoms with Gasteiger partial charge in [-0.15, -0.1) is 5.10 Å². The molecule has 1 N–H and O–H groups in total. The first kappa shape index (κ1) is 16.4. The first-order valence-electron chi connectivity index (χ1n) is 7.36. The molecule has 1 aromatic carbocycles. The van der Waals surface area contributed by atoms with E-state index in [2.05, 4.69) is 20.4 Å². The Labute approximate surface area is 142 Å². The van der Waals surface area contributed by atoms with Gasteiger partial charge >= 0.3 is 5.97 Å². The quantitative estimate of drug-likeness (QED) is 0.696. The van der Waals surface area contributed by atoms with Crippen LogP contribution >= 0.6 is 0 Å². The summed E-state index contributed by atoms with van der Waals surface area (Å²) in [6.07, 6.45) is 1.57. The number of esters is 1. The van der Waals surface area contributed by atoms with Gasteiger partial charge in [0.25, 0.3) is 17.5 Å². The number of benzene rings is 1.